The van der Waals surface area contributed by atoms with E-state index < -0.39 is 5.54 Å². The van der Waals surface area contributed by atoms with Gasteiger partial charge in [0.2, 0.25) is 5.91 Å². The van der Waals surface area contributed by atoms with Crippen LogP contribution in [0.1, 0.15) is 94.4 Å². The summed E-state index contributed by atoms with van der Waals surface area (Å²) in [6.07, 6.45) is 7.96. The third-order valence-electron chi connectivity index (χ3n) is 7.47. The van der Waals surface area contributed by atoms with Crippen LogP contribution in [0.5, 0.6) is 5.75 Å². The predicted molar refractivity (Wildman–Crippen MR) is 136 cm³/mol. The van der Waals surface area contributed by atoms with Crippen LogP contribution in [0, 0.1) is 0 Å². The highest BCUT2D eigenvalue weighted by Gasteiger charge is 2.48. The third kappa shape index (κ3) is 5.39. The zero-order valence-corrected chi connectivity index (χ0v) is 21.9. The Morgan fingerprint density at radius 2 is 1.83 bits per heavy atom. The van der Waals surface area contributed by atoms with Crippen molar-refractivity contribution in [3.05, 3.63) is 47.3 Å². The smallest absolute Gasteiger partial charge is 0.273 e. The summed E-state index contributed by atoms with van der Waals surface area (Å²) in [7, 11) is 1.63. The number of hydrogen-bond donors (Lipinski definition) is 1. The van der Waals surface area contributed by atoms with E-state index in [0.717, 1.165) is 42.7 Å². The first-order valence-corrected chi connectivity index (χ1v) is 13.0. The molecule has 35 heavy (non-hydrogen) atoms. The average molecular weight is 481 g/mol. The highest BCUT2D eigenvalue weighted by molar-refractivity contribution is 5.99. The summed E-state index contributed by atoms with van der Waals surface area (Å²) in [5.74, 6) is 0.461. The van der Waals surface area contributed by atoms with E-state index in [9.17, 15) is 9.59 Å². The van der Waals surface area contributed by atoms with Crippen molar-refractivity contribution >= 4 is 11.8 Å². The van der Waals surface area contributed by atoms with Crippen molar-refractivity contribution < 1.29 is 14.3 Å². The van der Waals surface area contributed by atoms with E-state index in [0.29, 0.717) is 18.8 Å². The Morgan fingerprint density at radius 3 is 2.49 bits per heavy atom. The van der Waals surface area contributed by atoms with E-state index in [1.807, 2.05) is 37.3 Å². The van der Waals surface area contributed by atoms with Crippen LogP contribution in [-0.4, -0.2) is 45.2 Å². The number of amides is 2. The van der Waals surface area contributed by atoms with Crippen LogP contribution in [0.25, 0.3) is 0 Å². The number of nitrogens with zero attached hydrogens (tertiary/aromatic N) is 3. The molecule has 1 aromatic carbocycles. The molecule has 7 heteroatoms. The molecule has 1 N–H and O–H groups in total. The molecule has 0 radical (unpaired) electrons. The number of hydrogen-bond acceptors (Lipinski definition) is 4. The van der Waals surface area contributed by atoms with Crippen molar-refractivity contribution in [2.75, 3.05) is 7.11 Å². The molecule has 0 unspecified atom stereocenters. The minimum atomic E-state index is -1.06. The van der Waals surface area contributed by atoms with Crippen molar-refractivity contribution in [3.8, 4) is 5.75 Å². The van der Waals surface area contributed by atoms with Gasteiger partial charge in [0.1, 0.15) is 17.0 Å². The molecule has 1 atom stereocenters. The van der Waals surface area contributed by atoms with Crippen LogP contribution in [0.15, 0.2) is 30.3 Å². The van der Waals surface area contributed by atoms with Gasteiger partial charge in [-0.3, -0.25) is 14.3 Å². The number of nitrogens with one attached hydrogen (secondary N) is 1. The summed E-state index contributed by atoms with van der Waals surface area (Å²) in [4.78, 5) is 29.5. The molecule has 1 aromatic heterocycles. The summed E-state index contributed by atoms with van der Waals surface area (Å²) in [6.45, 7) is 8.78. The first-order chi connectivity index (χ1) is 16.6. The summed E-state index contributed by atoms with van der Waals surface area (Å²) >= 11 is 0. The number of methoxy groups -OCH3 is 1. The zero-order valence-electron chi connectivity index (χ0n) is 21.9. The fourth-order valence-corrected chi connectivity index (χ4v) is 5.15. The maximum Gasteiger partial charge on any atom is 0.273 e. The van der Waals surface area contributed by atoms with E-state index in [1.54, 1.807) is 16.7 Å². The summed E-state index contributed by atoms with van der Waals surface area (Å²) in [6, 6.07) is 9.72. The van der Waals surface area contributed by atoms with Gasteiger partial charge in [0.05, 0.1) is 19.3 Å². The second kappa shape index (κ2) is 10.0. The zero-order chi connectivity index (χ0) is 25.2. The molecular weight excluding hydrogens is 440 g/mol. The Labute approximate surface area is 209 Å². The Morgan fingerprint density at radius 1 is 1.14 bits per heavy atom. The molecule has 190 valence electrons. The first-order valence-electron chi connectivity index (χ1n) is 13.0. The van der Waals surface area contributed by atoms with Gasteiger partial charge in [-0.15, -0.1) is 0 Å². The molecule has 1 saturated carbocycles. The molecule has 1 aliphatic heterocycles. The topological polar surface area (TPSA) is 76.5 Å². The minimum Gasteiger partial charge on any atom is -0.497 e. The number of fused-ring (bicyclic) bond motifs is 1. The van der Waals surface area contributed by atoms with E-state index >= 15 is 0 Å². The molecule has 0 bridgehead atoms. The van der Waals surface area contributed by atoms with Crippen LogP contribution in [0.2, 0.25) is 0 Å². The molecular formula is C28H40N4O3. The Bertz CT molecular complexity index is 1060. The quantitative estimate of drug-likeness (QED) is 0.665. The van der Waals surface area contributed by atoms with Crippen molar-refractivity contribution in [2.45, 2.75) is 103 Å². The molecule has 0 saturated heterocycles. The first kappa shape index (κ1) is 25.3. The number of carbonyl (C=O) groups excluding carboxylic acids is 2. The Balaban J connectivity index is 1.68. The lowest BCUT2D eigenvalue weighted by Crippen LogP contribution is -2.64. The predicted octanol–water partition coefficient (Wildman–Crippen LogP) is 4.83. The number of ether oxygens (including phenoxy) is 1. The Kier molecular flexibility index (Phi) is 7.25. The highest BCUT2D eigenvalue weighted by atomic mass is 16.5. The van der Waals surface area contributed by atoms with Crippen LogP contribution >= 0.6 is 0 Å². The molecule has 7 nitrogen and oxygen atoms in total. The van der Waals surface area contributed by atoms with Gasteiger partial charge < -0.3 is 15.0 Å². The lowest BCUT2D eigenvalue weighted by atomic mass is 9.91. The van der Waals surface area contributed by atoms with Gasteiger partial charge in [0.15, 0.2) is 0 Å². The van der Waals surface area contributed by atoms with Gasteiger partial charge in [-0.25, -0.2) is 0 Å². The van der Waals surface area contributed by atoms with Gasteiger partial charge in [0.25, 0.3) is 5.91 Å². The van der Waals surface area contributed by atoms with Gasteiger partial charge in [0, 0.05) is 18.0 Å². The Hall–Kier alpha value is -2.83. The van der Waals surface area contributed by atoms with Crippen molar-refractivity contribution in [1.29, 1.82) is 0 Å². The van der Waals surface area contributed by atoms with E-state index in [-0.39, 0.29) is 23.3 Å². The number of aromatic nitrogens is 2. The van der Waals surface area contributed by atoms with E-state index in [2.05, 4.69) is 26.1 Å². The van der Waals surface area contributed by atoms with Gasteiger partial charge in [-0.2, -0.15) is 5.10 Å². The van der Waals surface area contributed by atoms with Crippen molar-refractivity contribution in [1.82, 2.24) is 20.0 Å². The molecule has 2 heterocycles. The molecule has 2 aromatic rings. The fourth-order valence-electron chi connectivity index (χ4n) is 5.15. The normalized spacial score (nSPS) is 21.7. The number of benzene rings is 1. The van der Waals surface area contributed by atoms with Crippen LogP contribution in [0.3, 0.4) is 0 Å². The maximum absolute atomic E-state index is 13.9. The summed E-state index contributed by atoms with van der Waals surface area (Å²) in [5.41, 5.74) is 1.06. The summed E-state index contributed by atoms with van der Waals surface area (Å²) in [5, 5.41) is 8.09. The average Bonchev–Trinajstić information content (AvgIpc) is 3.23. The van der Waals surface area contributed by atoms with Crippen LogP contribution in [0.4, 0.5) is 0 Å². The molecule has 2 amide bonds. The molecule has 4 rings (SSSR count). The van der Waals surface area contributed by atoms with E-state index in [1.165, 1.54) is 19.3 Å². The maximum atomic E-state index is 13.9. The third-order valence-corrected chi connectivity index (χ3v) is 7.47. The number of carbonyl (C=O) groups is 2. The molecule has 1 fully saturated rings. The monoisotopic (exact) mass is 480 g/mol. The minimum absolute atomic E-state index is 0.0993. The lowest BCUT2D eigenvalue weighted by molar-refractivity contribution is -0.134. The lowest BCUT2D eigenvalue weighted by Gasteiger charge is -2.44. The number of rotatable bonds is 5. The van der Waals surface area contributed by atoms with E-state index in [4.69, 9.17) is 9.84 Å². The molecule has 1 aliphatic carbocycles. The standard InChI is InChI=1S/C28H40N4O3/c1-27(2,3)24-17-23-25(33)31(18-20-12-11-15-22(16-20)35-5)28(4,19-32(23)30-24)26(34)29-21-13-9-7-6-8-10-14-21/h11-12,15-17,21H,6-10,13-14,18-19H2,1-5H3,(H,29,34)/t28-/m0/s1. The second-order valence-electron chi connectivity index (χ2n) is 11.4. The largest absolute Gasteiger partial charge is 0.497 e. The van der Waals surface area contributed by atoms with Crippen LogP contribution in [-0.2, 0) is 23.3 Å². The highest BCUT2D eigenvalue weighted by Crippen LogP contribution is 2.32. The van der Waals surface area contributed by atoms with Crippen LogP contribution < -0.4 is 10.1 Å². The second-order valence-corrected chi connectivity index (χ2v) is 11.4. The van der Waals surface area contributed by atoms with Gasteiger partial charge in [-0.1, -0.05) is 65.0 Å². The SMILES string of the molecule is COc1cccc(CN2C(=O)c3cc(C(C)(C)C)nn3C[C@@]2(C)C(=O)NC2CCCCCCC2)c1. The van der Waals surface area contributed by atoms with Crippen molar-refractivity contribution in [3.63, 3.8) is 0 Å². The fraction of sp³-hybridized carbons (Fsp3) is 0.607. The molecule has 2 aliphatic rings. The van der Waals surface area contributed by atoms with Crippen molar-refractivity contribution in [2.24, 2.45) is 0 Å². The summed E-state index contributed by atoms with van der Waals surface area (Å²) < 4.78 is 7.13. The molecule has 0 spiro atoms. The van der Waals surface area contributed by atoms with Gasteiger partial charge >= 0.3 is 0 Å². The van der Waals surface area contributed by atoms with Gasteiger partial charge in [-0.05, 0) is 43.5 Å².